The summed E-state index contributed by atoms with van der Waals surface area (Å²) in [5.41, 5.74) is 3.71. The van der Waals surface area contributed by atoms with Crippen LogP contribution < -0.4 is 40.4 Å². The number of nitrogen functional groups attached to an aromatic ring is 1. The van der Waals surface area contributed by atoms with Crippen LogP contribution in [-0.4, -0.2) is 15.9 Å². The van der Waals surface area contributed by atoms with Gasteiger partial charge in [-0.25, -0.2) is 8.78 Å². The van der Waals surface area contributed by atoms with Gasteiger partial charge in [0.1, 0.15) is 0 Å². The third-order valence-corrected chi connectivity index (χ3v) is 3.56. The molecular weight excluding hydrogens is 339 g/mol. The van der Waals surface area contributed by atoms with E-state index < -0.39 is 28.9 Å². The summed E-state index contributed by atoms with van der Waals surface area (Å²) in [5.74, 6) is -3.77. The third-order valence-electron chi connectivity index (χ3n) is 3.27. The number of nitrogens with two attached hydrogens (primary N) is 1. The molecule has 0 unspecified atom stereocenters. The molecule has 0 bridgehead atoms. The summed E-state index contributed by atoms with van der Waals surface area (Å²) in [6.45, 7) is 0. The average molecular weight is 346 g/mol. The number of rotatable bonds is 2. The topological polar surface area (TPSA) is 94.8 Å². The number of H-pyrrole nitrogens is 1. The molecule has 0 aliphatic carbocycles. The molecule has 0 fully saturated rings. The number of aromatic nitrogens is 2. The van der Waals surface area contributed by atoms with E-state index in [1.165, 1.54) is 24.5 Å². The Morgan fingerprint density at radius 3 is 2.70 bits per heavy atom. The first-order valence-electron chi connectivity index (χ1n) is 6.03. The molecule has 9 heteroatoms. The molecule has 3 aromatic rings. The van der Waals surface area contributed by atoms with E-state index in [1.54, 1.807) is 0 Å². The van der Waals surface area contributed by atoms with Gasteiger partial charge in [0.25, 0.3) is 0 Å². The van der Waals surface area contributed by atoms with Crippen molar-refractivity contribution in [2.24, 2.45) is 0 Å². The molecule has 0 atom stereocenters. The molecule has 0 radical (unpaired) electrons. The molecule has 0 spiro atoms. The largest absolute Gasteiger partial charge is 1.00 e. The summed E-state index contributed by atoms with van der Waals surface area (Å²) >= 11 is 5.84. The van der Waals surface area contributed by atoms with Gasteiger partial charge in [-0.05, 0) is 6.07 Å². The smallest absolute Gasteiger partial charge is 0.543 e. The molecule has 0 aliphatic rings. The van der Waals surface area contributed by atoms with Crippen LogP contribution in [0.1, 0.15) is 10.5 Å². The Morgan fingerprint density at radius 1 is 1.35 bits per heavy atom. The molecule has 2 heterocycles. The summed E-state index contributed by atoms with van der Waals surface area (Å²) in [6.07, 6.45) is 2.44. The molecule has 112 valence electrons. The number of pyridine rings is 1. The summed E-state index contributed by atoms with van der Waals surface area (Å²) in [5, 5.41) is 11.1. The molecule has 0 saturated heterocycles. The number of hydrogen-bond acceptors (Lipinski definition) is 4. The fraction of sp³-hybridized carbons (Fsp3) is 0. The number of carboxylic acids is 1. The van der Waals surface area contributed by atoms with Crippen molar-refractivity contribution in [3.8, 4) is 11.1 Å². The Bertz CT molecular complexity index is 930. The van der Waals surface area contributed by atoms with Crippen molar-refractivity contribution in [2.45, 2.75) is 0 Å². The van der Waals surface area contributed by atoms with Gasteiger partial charge in [-0.2, -0.15) is 0 Å². The maximum Gasteiger partial charge on any atom is 1.00 e. The Balaban J connectivity index is 0.00000192. The van der Waals surface area contributed by atoms with E-state index in [9.17, 15) is 18.7 Å². The van der Waals surface area contributed by atoms with Crippen molar-refractivity contribution in [1.82, 2.24) is 9.97 Å². The standard InChI is InChI=1S/C14H8ClF2N3O2.Na/c15-6-4-20-13-8(6)11(18)9(16)7(10(13)17)5-2-1-3-19-12(5)14(21)22;/h1-4,20H,18H2,(H,21,22);/q;+1/p-1. The second-order valence-corrected chi connectivity index (χ2v) is 4.90. The van der Waals surface area contributed by atoms with Gasteiger partial charge in [-0.15, -0.1) is 0 Å². The number of aromatic amines is 1. The van der Waals surface area contributed by atoms with E-state index in [4.69, 9.17) is 17.3 Å². The number of aromatic carboxylic acids is 1. The Kier molecular flexibility index (Phi) is 4.95. The third kappa shape index (κ3) is 2.70. The van der Waals surface area contributed by atoms with Crippen LogP contribution in [0.2, 0.25) is 5.02 Å². The van der Waals surface area contributed by atoms with Crippen LogP contribution in [0.15, 0.2) is 24.5 Å². The number of carbonyl (C=O) groups excluding carboxylic acids is 1. The number of benzene rings is 1. The SMILES string of the molecule is Nc1c(F)c(-c2cccnc2C(=O)[O-])c(F)c2[nH]cc(Cl)c12.[Na+]. The number of halogens is 3. The van der Waals surface area contributed by atoms with Crippen LogP contribution in [0.5, 0.6) is 0 Å². The summed E-state index contributed by atoms with van der Waals surface area (Å²) in [6, 6.07) is 2.57. The van der Waals surface area contributed by atoms with E-state index in [1.807, 2.05) is 0 Å². The van der Waals surface area contributed by atoms with Crippen molar-refractivity contribution < 1.29 is 48.2 Å². The van der Waals surface area contributed by atoms with E-state index in [2.05, 4.69) is 9.97 Å². The first-order valence-corrected chi connectivity index (χ1v) is 6.41. The van der Waals surface area contributed by atoms with Crippen molar-refractivity contribution >= 4 is 34.2 Å². The first kappa shape index (κ1) is 17.7. The zero-order chi connectivity index (χ0) is 16.0. The van der Waals surface area contributed by atoms with Gasteiger partial charge in [0.15, 0.2) is 11.6 Å². The van der Waals surface area contributed by atoms with Crippen molar-refractivity contribution in [2.75, 3.05) is 5.73 Å². The number of carboxylic acid groups (broad SMARTS) is 1. The number of carbonyl (C=O) groups is 1. The van der Waals surface area contributed by atoms with Crippen LogP contribution in [-0.2, 0) is 0 Å². The second kappa shape index (κ2) is 6.45. The monoisotopic (exact) mass is 345 g/mol. The maximum absolute atomic E-state index is 14.6. The van der Waals surface area contributed by atoms with Crippen LogP contribution >= 0.6 is 11.6 Å². The average Bonchev–Trinajstić information content (AvgIpc) is 2.88. The van der Waals surface area contributed by atoms with E-state index in [-0.39, 0.29) is 56.7 Å². The van der Waals surface area contributed by atoms with Crippen molar-refractivity contribution in [1.29, 1.82) is 0 Å². The number of fused-ring (bicyclic) bond motifs is 1. The summed E-state index contributed by atoms with van der Waals surface area (Å²) in [4.78, 5) is 17.2. The molecule has 0 saturated carbocycles. The van der Waals surface area contributed by atoms with Crippen LogP contribution in [0.4, 0.5) is 14.5 Å². The van der Waals surface area contributed by atoms with Crippen molar-refractivity contribution in [3.63, 3.8) is 0 Å². The molecule has 3 rings (SSSR count). The maximum atomic E-state index is 14.6. The van der Waals surface area contributed by atoms with E-state index >= 15 is 0 Å². The Labute approximate surface area is 155 Å². The number of nitrogens with one attached hydrogen (secondary N) is 1. The molecular formula is C14H7ClF2N3NaO2. The Morgan fingerprint density at radius 2 is 2.04 bits per heavy atom. The minimum atomic E-state index is -1.66. The number of hydrogen-bond donors (Lipinski definition) is 2. The van der Waals surface area contributed by atoms with E-state index in [0.717, 1.165) is 0 Å². The predicted octanol–water partition coefficient (Wildman–Crippen LogP) is -0.889. The summed E-state index contributed by atoms with van der Waals surface area (Å²) < 4.78 is 29.1. The quantitative estimate of drug-likeness (QED) is 0.465. The molecule has 1 aromatic carbocycles. The molecule has 23 heavy (non-hydrogen) atoms. The number of anilines is 1. The van der Waals surface area contributed by atoms with Gasteiger partial charge >= 0.3 is 29.6 Å². The van der Waals surface area contributed by atoms with Crippen molar-refractivity contribution in [3.05, 3.63) is 46.9 Å². The second-order valence-electron chi connectivity index (χ2n) is 4.49. The van der Waals surface area contributed by atoms with Crippen LogP contribution in [0, 0.1) is 11.6 Å². The minimum absolute atomic E-state index is 0. The molecule has 0 amide bonds. The molecule has 2 aromatic heterocycles. The van der Waals surface area contributed by atoms with Gasteiger partial charge in [0.05, 0.1) is 33.5 Å². The normalized spacial score (nSPS) is 10.6. The van der Waals surface area contributed by atoms with E-state index in [0.29, 0.717) is 0 Å². The minimum Gasteiger partial charge on any atom is -0.543 e. The zero-order valence-electron chi connectivity index (χ0n) is 11.8. The Hall–Kier alpha value is -1.67. The molecule has 3 N–H and O–H groups in total. The number of nitrogens with zero attached hydrogens (tertiary/aromatic N) is 1. The van der Waals surface area contributed by atoms with Gasteiger partial charge < -0.3 is 20.6 Å². The van der Waals surface area contributed by atoms with Gasteiger partial charge in [0, 0.05) is 23.3 Å². The zero-order valence-corrected chi connectivity index (χ0v) is 14.5. The van der Waals surface area contributed by atoms with Gasteiger partial charge in [-0.1, -0.05) is 17.7 Å². The van der Waals surface area contributed by atoms with Gasteiger partial charge in [0.2, 0.25) is 0 Å². The van der Waals surface area contributed by atoms with Crippen LogP contribution in [0.25, 0.3) is 22.0 Å². The predicted molar refractivity (Wildman–Crippen MR) is 75.2 cm³/mol. The molecule has 0 aliphatic heterocycles. The van der Waals surface area contributed by atoms with Gasteiger partial charge in [-0.3, -0.25) is 4.98 Å². The molecule has 5 nitrogen and oxygen atoms in total. The van der Waals surface area contributed by atoms with Crippen LogP contribution in [0.3, 0.4) is 0 Å². The first-order chi connectivity index (χ1) is 10.4. The summed E-state index contributed by atoms with van der Waals surface area (Å²) in [7, 11) is 0. The fourth-order valence-electron chi connectivity index (χ4n) is 2.31. The fourth-order valence-corrected chi connectivity index (χ4v) is 2.56.